The summed E-state index contributed by atoms with van der Waals surface area (Å²) in [5.74, 6) is -0.444. The number of benzene rings is 1. The molecule has 0 bridgehead atoms. The molecule has 0 aromatic heterocycles. The molecule has 1 aromatic carbocycles. The lowest BCUT2D eigenvalue weighted by atomic mass is 10.2. The van der Waals surface area contributed by atoms with Crippen LogP contribution in [0.15, 0.2) is 29.2 Å². The third-order valence-corrected chi connectivity index (χ3v) is 3.88. The summed E-state index contributed by atoms with van der Waals surface area (Å²) < 4.78 is 5.04. The van der Waals surface area contributed by atoms with Crippen molar-refractivity contribution in [2.24, 2.45) is 0 Å². The molecule has 1 aromatic rings. The summed E-state index contributed by atoms with van der Waals surface area (Å²) in [6.45, 7) is 1.81. The summed E-state index contributed by atoms with van der Waals surface area (Å²) in [5.41, 5.74) is 0.871. The number of carboxylic acid groups (broad SMARTS) is 1. The molecule has 0 fully saturated rings. The third-order valence-electron chi connectivity index (χ3n) is 2.83. The second kappa shape index (κ2) is 6.08. The number of carboxylic acids is 1. The number of rotatable bonds is 4. The Morgan fingerprint density at radius 3 is 2.95 bits per heavy atom. The molecule has 1 aliphatic heterocycles. The van der Waals surface area contributed by atoms with Gasteiger partial charge in [0.05, 0.1) is 5.69 Å². The maximum Gasteiger partial charge on any atom is 0.332 e. The van der Waals surface area contributed by atoms with Crippen molar-refractivity contribution in [2.75, 3.05) is 23.8 Å². The molecule has 102 valence electrons. The van der Waals surface area contributed by atoms with Crippen LogP contribution in [0.25, 0.3) is 0 Å². The lowest BCUT2D eigenvalue weighted by Crippen LogP contribution is -2.39. The van der Waals surface area contributed by atoms with E-state index in [-0.39, 0.29) is 12.5 Å². The van der Waals surface area contributed by atoms with Crippen LogP contribution in [0.4, 0.5) is 5.69 Å². The average molecular weight is 281 g/mol. The molecule has 1 aliphatic rings. The smallest absolute Gasteiger partial charge is 0.332 e. The number of carbonyl (C=O) groups excluding carboxylic acids is 1. The highest BCUT2D eigenvalue weighted by Crippen LogP contribution is 2.34. The minimum atomic E-state index is -1.07. The van der Waals surface area contributed by atoms with Crippen LogP contribution in [-0.4, -0.2) is 42.0 Å². The Hall–Kier alpha value is -1.53. The highest BCUT2D eigenvalue weighted by molar-refractivity contribution is 7.99. The highest BCUT2D eigenvalue weighted by Gasteiger charge is 2.23. The van der Waals surface area contributed by atoms with Crippen molar-refractivity contribution in [1.82, 2.24) is 0 Å². The number of fused-ring (bicyclic) bond motifs is 1. The fourth-order valence-corrected chi connectivity index (χ4v) is 2.77. The summed E-state index contributed by atoms with van der Waals surface area (Å²) in [6.07, 6.45) is -0.974. The zero-order valence-electron chi connectivity index (χ0n) is 10.5. The minimum absolute atomic E-state index is 0.208. The van der Waals surface area contributed by atoms with Crippen molar-refractivity contribution < 1.29 is 19.4 Å². The molecule has 0 radical (unpaired) electrons. The summed E-state index contributed by atoms with van der Waals surface area (Å²) in [5, 5.41) is 8.71. The van der Waals surface area contributed by atoms with Crippen LogP contribution in [0.5, 0.6) is 0 Å². The number of thioether (sulfide) groups is 1. The van der Waals surface area contributed by atoms with Gasteiger partial charge in [0.25, 0.3) is 5.91 Å². The van der Waals surface area contributed by atoms with E-state index < -0.39 is 12.1 Å². The molecule has 2 rings (SSSR count). The summed E-state index contributed by atoms with van der Waals surface area (Å²) in [7, 11) is 0. The van der Waals surface area contributed by atoms with Gasteiger partial charge in [0.15, 0.2) is 6.10 Å². The minimum Gasteiger partial charge on any atom is -0.479 e. The molecule has 6 heteroatoms. The Morgan fingerprint density at radius 1 is 1.47 bits per heavy atom. The van der Waals surface area contributed by atoms with E-state index in [1.807, 2.05) is 24.3 Å². The van der Waals surface area contributed by atoms with Crippen LogP contribution in [0.2, 0.25) is 0 Å². The van der Waals surface area contributed by atoms with Crippen molar-refractivity contribution in [2.45, 2.75) is 17.9 Å². The van der Waals surface area contributed by atoms with E-state index >= 15 is 0 Å². The van der Waals surface area contributed by atoms with E-state index in [1.165, 1.54) is 6.92 Å². The number of anilines is 1. The van der Waals surface area contributed by atoms with Gasteiger partial charge in [0.1, 0.15) is 6.61 Å². The average Bonchev–Trinajstić information content (AvgIpc) is 2.43. The quantitative estimate of drug-likeness (QED) is 0.908. The molecular weight excluding hydrogens is 266 g/mol. The van der Waals surface area contributed by atoms with E-state index in [9.17, 15) is 9.59 Å². The monoisotopic (exact) mass is 281 g/mol. The first-order valence-corrected chi connectivity index (χ1v) is 6.95. The van der Waals surface area contributed by atoms with E-state index in [2.05, 4.69) is 0 Å². The first-order chi connectivity index (χ1) is 9.09. The topological polar surface area (TPSA) is 66.8 Å². The Labute approximate surface area is 115 Å². The molecular formula is C13H15NO4S. The molecule has 1 N–H and O–H groups in total. The van der Waals surface area contributed by atoms with Gasteiger partial charge in [-0.2, -0.15) is 0 Å². The number of ether oxygens (including phenoxy) is 1. The van der Waals surface area contributed by atoms with Crippen LogP contribution in [0.1, 0.15) is 6.92 Å². The second-order valence-corrected chi connectivity index (χ2v) is 5.29. The van der Waals surface area contributed by atoms with Crippen molar-refractivity contribution in [3.8, 4) is 0 Å². The lowest BCUT2D eigenvalue weighted by molar-refractivity contribution is -0.150. The number of nitrogens with zero attached hydrogens (tertiary/aromatic N) is 1. The molecule has 1 amide bonds. The van der Waals surface area contributed by atoms with Crippen molar-refractivity contribution >= 4 is 29.3 Å². The maximum atomic E-state index is 12.1. The molecule has 0 spiro atoms. The SMILES string of the molecule is C[C@H](OCC(=O)N1CCSc2ccccc21)C(=O)O. The lowest BCUT2D eigenvalue weighted by Gasteiger charge is -2.29. The second-order valence-electron chi connectivity index (χ2n) is 4.15. The Kier molecular flexibility index (Phi) is 4.44. The number of aliphatic carboxylic acids is 1. The van der Waals surface area contributed by atoms with Gasteiger partial charge in [-0.25, -0.2) is 4.79 Å². The Bertz CT molecular complexity index is 491. The van der Waals surface area contributed by atoms with E-state index in [0.717, 1.165) is 16.3 Å². The molecule has 1 atom stereocenters. The van der Waals surface area contributed by atoms with Crippen LogP contribution >= 0.6 is 11.8 Å². The molecule has 19 heavy (non-hydrogen) atoms. The normalized spacial score (nSPS) is 15.7. The largest absolute Gasteiger partial charge is 0.479 e. The number of hydrogen-bond acceptors (Lipinski definition) is 4. The molecule has 0 saturated carbocycles. The fraction of sp³-hybridized carbons (Fsp3) is 0.385. The number of para-hydroxylation sites is 1. The van der Waals surface area contributed by atoms with E-state index in [0.29, 0.717) is 6.54 Å². The van der Waals surface area contributed by atoms with Crippen molar-refractivity contribution in [3.05, 3.63) is 24.3 Å². The predicted octanol–water partition coefficient (Wildman–Crippen LogP) is 1.61. The molecule has 0 saturated heterocycles. The number of amides is 1. The molecule has 0 aliphatic carbocycles. The number of carbonyl (C=O) groups is 2. The van der Waals surface area contributed by atoms with Gasteiger partial charge in [-0.05, 0) is 19.1 Å². The van der Waals surface area contributed by atoms with E-state index in [4.69, 9.17) is 9.84 Å². The van der Waals surface area contributed by atoms with Gasteiger partial charge in [-0.1, -0.05) is 12.1 Å². The summed E-state index contributed by atoms with van der Waals surface area (Å²) in [6, 6.07) is 7.68. The maximum absolute atomic E-state index is 12.1. The summed E-state index contributed by atoms with van der Waals surface area (Å²) >= 11 is 1.71. The van der Waals surface area contributed by atoms with Gasteiger partial charge < -0.3 is 14.7 Å². The Morgan fingerprint density at radius 2 is 2.21 bits per heavy atom. The third kappa shape index (κ3) is 3.27. The van der Waals surface area contributed by atoms with Crippen LogP contribution in [0.3, 0.4) is 0 Å². The van der Waals surface area contributed by atoms with Gasteiger partial charge in [-0.3, -0.25) is 4.79 Å². The molecule has 5 nitrogen and oxygen atoms in total. The van der Waals surface area contributed by atoms with Crippen LogP contribution < -0.4 is 4.90 Å². The van der Waals surface area contributed by atoms with Gasteiger partial charge in [-0.15, -0.1) is 11.8 Å². The first-order valence-electron chi connectivity index (χ1n) is 5.96. The zero-order valence-corrected chi connectivity index (χ0v) is 11.4. The predicted molar refractivity (Wildman–Crippen MR) is 72.6 cm³/mol. The van der Waals surface area contributed by atoms with Crippen molar-refractivity contribution in [1.29, 1.82) is 0 Å². The summed E-state index contributed by atoms with van der Waals surface area (Å²) in [4.78, 5) is 25.4. The number of hydrogen-bond donors (Lipinski definition) is 1. The Balaban J connectivity index is 2.03. The molecule has 0 unspecified atom stereocenters. The van der Waals surface area contributed by atoms with Gasteiger partial charge in [0.2, 0.25) is 0 Å². The molecule has 1 heterocycles. The standard InChI is InChI=1S/C13H15NO4S/c1-9(13(16)17)18-8-12(15)14-6-7-19-11-5-3-2-4-10(11)14/h2-5,9H,6-8H2,1H3,(H,16,17)/t9-/m0/s1. The first kappa shape index (κ1) is 13.9. The van der Waals surface area contributed by atoms with Gasteiger partial charge >= 0.3 is 5.97 Å². The van der Waals surface area contributed by atoms with Crippen LogP contribution in [0, 0.1) is 0 Å². The zero-order chi connectivity index (χ0) is 13.8. The van der Waals surface area contributed by atoms with Gasteiger partial charge in [0, 0.05) is 17.2 Å². The van der Waals surface area contributed by atoms with E-state index in [1.54, 1.807) is 16.7 Å². The van der Waals surface area contributed by atoms with Crippen LogP contribution in [-0.2, 0) is 14.3 Å². The fourth-order valence-electron chi connectivity index (χ4n) is 1.77. The van der Waals surface area contributed by atoms with Crippen molar-refractivity contribution in [3.63, 3.8) is 0 Å². The highest BCUT2D eigenvalue weighted by atomic mass is 32.2.